The molecule has 6 aromatic rings. The molecule has 292 valence electrons. The van der Waals surface area contributed by atoms with Crippen LogP contribution in [0.25, 0.3) is 0 Å². The van der Waals surface area contributed by atoms with Crippen LogP contribution in [-0.4, -0.2) is 33.7 Å². The van der Waals surface area contributed by atoms with Crippen molar-refractivity contribution >= 4 is 68.4 Å². The first-order valence-electron chi connectivity index (χ1n) is 18.8. The molecule has 6 aromatic carbocycles. The number of nitrogens with one attached hydrogen (secondary N) is 4. The molecule has 2 heterocycles. The zero-order chi connectivity index (χ0) is 40.1. The second kappa shape index (κ2) is 19.6. The minimum absolute atomic E-state index is 0.181. The van der Waals surface area contributed by atoms with Gasteiger partial charge in [0.2, 0.25) is 0 Å². The molecule has 2 aliphatic heterocycles. The summed E-state index contributed by atoms with van der Waals surface area (Å²) < 4.78 is 0. The molecule has 12 heteroatoms. The number of nitrogens with zero attached hydrogens (tertiary/aromatic N) is 2. The van der Waals surface area contributed by atoms with Crippen molar-refractivity contribution in [1.29, 1.82) is 0 Å². The fraction of sp³-hybridized carbons (Fsp3) is 0.130. The number of nitrogens with two attached hydrogens (primary N) is 2. The second-order valence-corrected chi connectivity index (χ2v) is 15.6. The van der Waals surface area contributed by atoms with Crippen LogP contribution in [0.4, 0.5) is 22.7 Å². The van der Waals surface area contributed by atoms with Gasteiger partial charge >= 0.3 is 0 Å². The second-order valence-electron chi connectivity index (χ2n) is 13.6. The first-order chi connectivity index (χ1) is 28.4. The summed E-state index contributed by atoms with van der Waals surface area (Å²) in [7, 11) is 0. The molecule has 0 radical (unpaired) electrons. The number of thioether (sulfide) groups is 2. The SMILES string of the molecule is Nc1ccccc1NC(=O)c1ccc(CN=C2N[C@@H](c3ccccc3)CS2)cc1.Nc1ccccc1NC(=O)c1ccc(CN=C2N[C@@H](c3ccccc3)CS2)cc1. The number of rotatable bonds is 10. The maximum absolute atomic E-state index is 12.4. The van der Waals surface area contributed by atoms with Gasteiger partial charge in [0, 0.05) is 22.6 Å². The minimum atomic E-state index is -0.181. The van der Waals surface area contributed by atoms with Gasteiger partial charge in [-0.3, -0.25) is 19.6 Å². The van der Waals surface area contributed by atoms with Crippen molar-refractivity contribution in [1.82, 2.24) is 10.6 Å². The Balaban J connectivity index is 0.000000177. The van der Waals surface area contributed by atoms with Gasteiger partial charge in [-0.2, -0.15) is 0 Å². The molecule has 0 unspecified atom stereocenters. The fourth-order valence-corrected chi connectivity index (χ4v) is 8.13. The van der Waals surface area contributed by atoms with E-state index in [-0.39, 0.29) is 11.8 Å². The summed E-state index contributed by atoms with van der Waals surface area (Å²) in [5.41, 5.74) is 19.9. The smallest absolute Gasteiger partial charge is 0.255 e. The standard InChI is InChI=1S/2C23H22N4OS/c2*24-19-8-4-5-9-20(19)26-22(28)18-12-10-16(11-13-18)14-25-23-27-21(15-29-23)17-6-2-1-3-7-17/h2*1-13,21H,14-15,24H2,(H,25,27)(H,26,28)/t2*21-/m11/s1. The lowest BCUT2D eigenvalue weighted by atomic mass is 10.1. The molecule has 0 aliphatic carbocycles. The van der Waals surface area contributed by atoms with E-state index in [2.05, 4.69) is 79.8 Å². The fourth-order valence-electron chi connectivity index (χ4n) is 6.16. The number of para-hydroxylation sites is 4. The van der Waals surface area contributed by atoms with Crippen LogP contribution in [-0.2, 0) is 13.1 Å². The molecule has 8 rings (SSSR count). The highest BCUT2D eigenvalue weighted by Crippen LogP contribution is 2.28. The lowest BCUT2D eigenvalue weighted by Gasteiger charge is -2.09. The normalized spacial score (nSPS) is 17.1. The van der Waals surface area contributed by atoms with Crippen LogP contribution in [0.5, 0.6) is 0 Å². The van der Waals surface area contributed by atoms with E-state index in [0.717, 1.165) is 33.0 Å². The zero-order valence-corrected chi connectivity index (χ0v) is 33.3. The molecule has 58 heavy (non-hydrogen) atoms. The van der Waals surface area contributed by atoms with Gasteiger partial charge < -0.3 is 32.7 Å². The third-order valence-electron chi connectivity index (χ3n) is 9.43. The number of benzene rings is 6. The largest absolute Gasteiger partial charge is 0.397 e. The van der Waals surface area contributed by atoms with Crippen molar-refractivity contribution in [3.8, 4) is 0 Å². The topological polar surface area (TPSA) is 159 Å². The third kappa shape index (κ3) is 10.9. The highest BCUT2D eigenvalue weighted by Gasteiger charge is 2.22. The van der Waals surface area contributed by atoms with E-state index in [1.165, 1.54) is 11.1 Å². The maximum Gasteiger partial charge on any atom is 0.255 e. The summed E-state index contributed by atoms with van der Waals surface area (Å²) in [6, 6.07) is 50.8. The predicted molar refractivity (Wildman–Crippen MR) is 242 cm³/mol. The van der Waals surface area contributed by atoms with E-state index in [0.29, 0.717) is 59.0 Å². The van der Waals surface area contributed by atoms with E-state index < -0.39 is 0 Å². The summed E-state index contributed by atoms with van der Waals surface area (Å²) in [5.74, 6) is 1.59. The first-order valence-corrected chi connectivity index (χ1v) is 20.8. The van der Waals surface area contributed by atoms with E-state index in [9.17, 15) is 9.59 Å². The first kappa shape index (κ1) is 39.7. The van der Waals surface area contributed by atoms with Crippen molar-refractivity contribution in [3.63, 3.8) is 0 Å². The highest BCUT2D eigenvalue weighted by molar-refractivity contribution is 8.14. The van der Waals surface area contributed by atoms with Crippen molar-refractivity contribution in [2.45, 2.75) is 25.2 Å². The van der Waals surface area contributed by atoms with E-state index in [4.69, 9.17) is 11.5 Å². The molecule has 0 bridgehead atoms. The number of carbonyl (C=O) groups is 2. The predicted octanol–water partition coefficient (Wildman–Crippen LogP) is 8.91. The van der Waals surface area contributed by atoms with Gasteiger partial charge in [-0.25, -0.2) is 0 Å². The van der Waals surface area contributed by atoms with Gasteiger partial charge in [0.25, 0.3) is 11.8 Å². The Kier molecular flexibility index (Phi) is 13.4. The van der Waals surface area contributed by atoms with Crippen LogP contribution in [0.15, 0.2) is 168 Å². The van der Waals surface area contributed by atoms with E-state index in [1.54, 1.807) is 47.8 Å². The van der Waals surface area contributed by atoms with Crippen LogP contribution in [0.3, 0.4) is 0 Å². The van der Waals surface area contributed by atoms with Crippen molar-refractivity contribution in [2.24, 2.45) is 9.98 Å². The quantitative estimate of drug-likeness (QED) is 0.0750. The molecule has 8 N–H and O–H groups in total. The minimum Gasteiger partial charge on any atom is -0.397 e. The van der Waals surface area contributed by atoms with Gasteiger partial charge in [-0.05, 0) is 70.8 Å². The number of amides is 2. The third-order valence-corrected chi connectivity index (χ3v) is 11.5. The number of nitrogen functional groups attached to an aromatic ring is 2. The Morgan fingerprint density at radius 2 is 0.879 bits per heavy atom. The summed E-state index contributed by atoms with van der Waals surface area (Å²) in [4.78, 5) is 34.2. The number of hydrogen-bond donors (Lipinski definition) is 6. The summed E-state index contributed by atoms with van der Waals surface area (Å²) in [6.07, 6.45) is 0. The van der Waals surface area contributed by atoms with Crippen LogP contribution >= 0.6 is 23.5 Å². The molecule has 10 nitrogen and oxygen atoms in total. The molecular formula is C46H44N8O2S2. The Morgan fingerprint density at radius 1 is 0.517 bits per heavy atom. The Labute approximate surface area is 347 Å². The van der Waals surface area contributed by atoms with Crippen LogP contribution in [0.2, 0.25) is 0 Å². The number of hydrogen-bond acceptors (Lipinski definition) is 8. The van der Waals surface area contributed by atoms with Crippen LogP contribution < -0.4 is 32.7 Å². The lowest BCUT2D eigenvalue weighted by molar-refractivity contribution is 0.101. The summed E-state index contributed by atoms with van der Waals surface area (Å²) >= 11 is 3.48. The molecule has 2 aliphatic rings. The molecule has 0 saturated carbocycles. The van der Waals surface area contributed by atoms with Gasteiger partial charge in [0.05, 0.1) is 47.9 Å². The Morgan fingerprint density at radius 3 is 1.26 bits per heavy atom. The zero-order valence-electron chi connectivity index (χ0n) is 31.7. The molecule has 2 saturated heterocycles. The Hall–Kier alpha value is -6.50. The van der Waals surface area contributed by atoms with Gasteiger partial charge in [-0.15, -0.1) is 0 Å². The van der Waals surface area contributed by atoms with E-state index in [1.807, 2.05) is 84.9 Å². The monoisotopic (exact) mass is 804 g/mol. The molecule has 0 aromatic heterocycles. The average molecular weight is 805 g/mol. The van der Waals surface area contributed by atoms with Crippen LogP contribution in [0, 0.1) is 0 Å². The summed E-state index contributed by atoms with van der Waals surface area (Å²) in [6.45, 7) is 1.15. The number of aliphatic imine (C=N–C) groups is 2. The Bertz CT molecular complexity index is 2210. The molecule has 0 spiro atoms. The summed E-state index contributed by atoms with van der Waals surface area (Å²) in [5, 5.41) is 14.5. The maximum atomic E-state index is 12.4. The number of anilines is 4. The molecular weight excluding hydrogens is 761 g/mol. The van der Waals surface area contributed by atoms with Crippen molar-refractivity contribution < 1.29 is 9.59 Å². The van der Waals surface area contributed by atoms with Gasteiger partial charge in [0.15, 0.2) is 10.3 Å². The number of carbonyl (C=O) groups excluding carboxylic acids is 2. The molecule has 2 fully saturated rings. The molecule has 2 atom stereocenters. The highest BCUT2D eigenvalue weighted by atomic mass is 32.2. The number of amidine groups is 2. The van der Waals surface area contributed by atoms with Crippen molar-refractivity contribution in [3.05, 3.63) is 191 Å². The average Bonchev–Trinajstić information content (AvgIpc) is 3.96. The van der Waals surface area contributed by atoms with Crippen molar-refractivity contribution in [2.75, 3.05) is 33.6 Å². The van der Waals surface area contributed by atoms with Gasteiger partial charge in [0.1, 0.15) is 0 Å². The van der Waals surface area contributed by atoms with E-state index >= 15 is 0 Å². The lowest BCUT2D eigenvalue weighted by Crippen LogP contribution is -2.19. The van der Waals surface area contributed by atoms with Crippen LogP contribution in [0.1, 0.15) is 55.1 Å². The van der Waals surface area contributed by atoms with Gasteiger partial charge in [-0.1, -0.05) is 133 Å². The molecule has 2 amide bonds.